The number of methoxy groups -OCH3 is 1. The lowest BCUT2D eigenvalue weighted by atomic mass is 10.0. The van der Waals surface area contributed by atoms with Crippen LogP contribution in [0.25, 0.3) is 0 Å². The molecule has 110 valence electrons. The Hall–Kier alpha value is -1.39. The normalized spacial score (nSPS) is 17.6. The number of benzene rings is 1. The Labute approximate surface area is 120 Å². The second-order valence-electron chi connectivity index (χ2n) is 5.83. The summed E-state index contributed by atoms with van der Waals surface area (Å²) in [5, 5.41) is 13.0. The van der Waals surface area contributed by atoms with Gasteiger partial charge in [-0.25, -0.2) is 0 Å². The van der Waals surface area contributed by atoms with Crippen LogP contribution in [0, 0.1) is 5.92 Å². The molecule has 0 fully saturated rings. The highest BCUT2D eigenvalue weighted by Gasteiger charge is 2.28. The molecule has 0 aliphatic heterocycles. The summed E-state index contributed by atoms with van der Waals surface area (Å²) >= 11 is 0. The number of hydrogen-bond acceptors (Lipinski definition) is 3. The molecule has 2 rings (SSSR count). The van der Waals surface area contributed by atoms with E-state index >= 15 is 0 Å². The van der Waals surface area contributed by atoms with Crippen molar-refractivity contribution < 1.29 is 14.6 Å². The number of carbonyl (C=O) groups excluding carboxylic acids is 1. The Morgan fingerprint density at radius 2 is 2.00 bits per heavy atom. The van der Waals surface area contributed by atoms with E-state index < -0.39 is 5.60 Å². The Kier molecular flexibility index (Phi) is 4.78. The average molecular weight is 277 g/mol. The maximum atomic E-state index is 12.2. The smallest absolute Gasteiger partial charge is 0.223 e. The van der Waals surface area contributed by atoms with Gasteiger partial charge in [0, 0.05) is 32.6 Å². The molecule has 1 aromatic carbocycles. The van der Waals surface area contributed by atoms with Crippen molar-refractivity contribution >= 4 is 5.91 Å². The van der Waals surface area contributed by atoms with Crippen LogP contribution in [-0.4, -0.2) is 36.9 Å². The molecular weight excluding hydrogens is 254 g/mol. The molecule has 1 atom stereocenters. The van der Waals surface area contributed by atoms with Gasteiger partial charge in [0.15, 0.2) is 0 Å². The predicted octanol–water partition coefficient (Wildman–Crippen LogP) is 1.31. The Morgan fingerprint density at radius 3 is 2.55 bits per heavy atom. The van der Waals surface area contributed by atoms with Gasteiger partial charge >= 0.3 is 0 Å². The number of amides is 1. The van der Waals surface area contributed by atoms with Gasteiger partial charge in [0.1, 0.15) is 0 Å². The topological polar surface area (TPSA) is 58.6 Å². The minimum atomic E-state index is -0.920. The van der Waals surface area contributed by atoms with Gasteiger partial charge in [-0.05, 0) is 30.9 Å². The molecule has 20 heavy (non-hydrogen) atoms. The van der Waals surface area contributed by atoms with Crippen molar-refractivity contribution in [1.29, 1.82) is 0 Å². The molecule has 1 amide bonds. The molecule has 0 saturated carbocycles. The first-order chi connectivity index (χ1) is 9.52. The summed E-state index contributed by atoms with van der Waals surface area (Å²) in [5.41, 5.74) is 1.61. The molecule has 0 saturated heterocycles. The molecule has 0 aromatic heterocycles. The van der Waals surface area contributed by atoms with Crippen LogP contribution < -0.4 is 5.32 Å². The number of aliphatic hydroxyl groups is 1. The van der Waals surface area contributed by atoms with E-state index in [4.69, 9.17) is 4.74 Å². The summed E-state index contributed by atoms with van der Waals surface area (Å²) in [7, 11) is 1.60. The van der Waals surface area contributed by atoms with Crippen molar-refractivity contribution in [3.63, 3.8) is 0 Å². The minimum absolute atomic E-state index is 0.00868. The quantitative estimate of drug-likeness (QED) is 0.824. The van der Waals surface area contributed by atoms with Gasteiger partial charge in [-0.2, -0.15) is 0 Å². The zero-order chi connectivity index (χ0) is 14.6. The molecule has 1 aliphatic carbocycles. The summed E-state index contributed by atoms with van der Waals surface area (Å²) in [6, 6.07) is 8.18. The predicted molar refractivity (Wildman–Crippen MR) is 77.5 cm³/mol. The maximum Gasteiger partial charge on any atom is 0.223 e. The standard InChI is InChI=1S/C16H23NO3/c1-16(19,7-8-20-2)11-17-15(18)14-9-12-5-3-4-6-13(12)10-14/h3-6,14,19H,7-11H2,1-2H3,(H,17,18). The Morgan fingerprint density at radius 1 is 1.40 bits per heavy atom. The third-order valence-corrected chi connectivity index (χ3v) is 3.91. The maximum absolute atomic E-state index is 12.2. The van der Waals surface area contributed by atoms with Crippen molar-refractivity contribution in [2.24, 2.45) is 5.92 Å². The highest BCUT2D eigenvalue weighted by atomic mass is 16.5. The number of hydrogen-bond donors (Lipinski definition) is 2. The lowest BCUT2D eigenvalue weighted by molar-refractivity contribution is -0.126. The summed E-state index contributed by atoms with van der Waals surface area (Å²) in [5.74, 6) is 0.0181. The van der Waals surface area contributed by atoms with Crippen molar-refractivity contribution in [2.45, 2.75) is 31.8 Å². The van der Waals surface area contributed by atoms with Crippen LogP contribution in [0.4, 0.5) is 0 Å². The van der Waals surface area contributed by atoms with E-state index in [0.29, 0.717) is 13.0 Å². The molecule has 4 heteroatoms. The second kappa shape index (κ2) is 6.37. The van der Waals surface area contributed by atoms with Crippen LogP contribution >= 0.6 is 0 Å². The van der Waals surface area contributed by atoms with Gasteiger partial charge in [0.25, 0.3) is 0 Å². The molecule has 0 bridgehead atoms. The molecule has 0 spiro atoms. The fourth-order valence-corrected chi connectivity index (χ4v) is 2.58. The van der Waals surface area contributed by atoms with Gasteiger partial charge < -0.3 is 15.2 Å². The lowest BCUT2D eigenvalue weighted by Crippen LogP contribution is -2.43. The Bertz CT molecular complexity index is 446. The number of rotatable bonds is 6. The first kappa shape index (κ1) is 15.0. The van der Waals surface area contributed by atoms with Gasteiger partial charge in [0.05, 0.1) is 5.60 Å². The largest absolute Gasteiger partial charge is 0.388 e. The highest BCUT2D eigenvalue weighted by Crippen LogP contribution is 2.26. The van der Waals surface area contributed by atoms with Crippen molar-refractivity contribution in [1.82, 2.24) is 5.32 Å². The SMILES string of the molecule is COCCC(C)(O)CNC(=O)C1Cc2ccccc2C1. The van der Waals surface area contributed by atoms with Crippen LogP contribution in [0.3, 0.4) is 0 Å². The number of ether oxygens (including phenoxy) is 1. The van der Waals surface area contributed by atoms with Gasteiger partial charge in [-0.3, -0.25) is 4.79 Å². The summed E-state index contributed by atoms with van der Waals surface area (Å²) in [6.07, 6.45) is 2.10. The van der Waals surface area contributed by atoms with Crippen LogP contribution in [0.5, 0.6) is 0 Å². The van der Waals surface area contributed by atoms with E-state index in [2.05, 4.69) is 17.4 Å². The van der Waals surface area contributed by atoms with Crippen LogP contribution in [0.15, 0.2) is 24.3 Å². The van der Waals surface area contributed by atoms with Gasteiger partial charge in [-0.15, -0.1) is 0 Å². The number of fused-ring (bicyclic) bond motifs is 1. The second-order valence-corrected chi connectivity index (χ2v) is 5.83. The average Bonchev–Trinajstić information content (AvgIpc) is 2.86. The first-order valence-electron chi connectivity index (χ1n) is 7.07. The van der Waals surface area contributed by atoms with E-state index in [9.17, 15) is 9.90 Å². The summed E-state index contributed by atoms with van der Waals surface area (Å²) < 4.78 is 4.95. The van der Waals surface area contributed by atoms with E-state index in [-0.39, 0.29) is 18.4 Å². The fourth-order valence-electron chi connectivity index (χ4n) is 2.58. The van der Waals surface area contributed by atoms with E-state index in [1.807, 2.05) is 12.1 Å². The molecule has 1 aromatic rings. The summed E-state index contributed by atoms with van der Waals surface area (Å²) in [4.78, 5) is 12.2. The van der Waals surface area contributed by atoms with Crippen molar-refractivity contribution in [2.75, 3.05) is 20.3 Å². The van der Waals surface area contributed by atoms with Gasteiger partial charge in [-0.1, -0.05) is 24.3 Å². The van der Waals surface area contributed by atoms with E-state index in [1.54, 1.807) is 14.0 Å². The van der Waals surface area contributed by atoms with E-state index in [1.165, 1.54) is 11.1 Å². The van der Waals surface area contributed by atoms with Crippen LogP contribution in [0.2, 0.25) is 0 Å². The van der Waals surface area contributed by atoms with Crippen molar-refractivity contribution in [3.05, 3.63) is 35.4 Å². The zero-order valence-electron chi connectivity index (χ0n) is 12.2. The molecule has 1 aliphatic rings. The summed E-state index contributed by atoms with van der Waals surface area (Å²) in [6.45, 7) is 2.47. The molecule has 0 radical (unpaired) electrons. The molecule has 1 unspecified atom stereocenters. The number of carbonyl (C=O) groups is 1. The highest BCUT2D eigenvalue weighted by molar-refractivity contribution is 5.80. The Balaban J connectivity index is 1.82. The zero-order valence-corrected chi connectivity index (χ0v) is 12.2. The molecule has 0 heterocycles. The number of nitrogens with one attached hydrogen (secondary N) is 1. The lowest BCUT2D eigenvalue weighted by Gasteiger charge is -2.24. The molecular formula is C16H23NO3. The first-order valence-corrected chi connectivity index (χ1v) is 7.07. The third-order valence-electron chi connectivity index (χ3n) is 3.91. The van der Waals surface area contributed by atoms with E-state index in [0.717, 1.165) is 12.8 Å². The van der Waals surface area contributed by atoms with Crippen LogP contribution in [-0.2, 0) is 22.4 Å². The van der Waals surface area contributed by atoms with Gasteiger partial charge in [0.2, 0.25) is 5.91 Å². The molecule has 2 N–H and O–H groups in total. The van der Waals surface area contributed by atoms with Crippen LogP contribution in [0.1, 0.15) is 24.5 Å². The van der Waals surface area contributed by atoms with Crippen molar-refractivity contribution in [3.8, 4) is 0 Å². The molecule has 4 nitrogen and oxygen atoms in total. The fraction of sp³-hybridized carbons (Fsp3) is 0.562. The minimum Gasteiger partial charge on any atom is -0.388 e. The third kappa shape index (κ3) is 3.81. The monoisotopic (exact) mass is 277 g/mol.